The first kappa shape index (κ1) is 24.8. The lowest BCUT2D eigenvalue weighted by Crippen LogP contribution is -2.58. The third-order valence-corrected chi connectivity index (χ3v) is 10.2. The summed E-state index contributed by atoms with van der Waals surface area (Å²) in [6.45, 7) is 5.06. The Morgan fingerprint density at radius 3 is 2.65 bits per heavy atom. The summed E-state index contributed by atoms with van der Waals surface area (Å²) in [7, 11) is -2.70. The van der Waals surface area contributed by atoms with Crippen LogP contribution in [0.4, 0.5) is 0 Å². The van der Waals surface area contributed by atoms with Crippen molar-refractivity contribution in [2.24, 2.45) is 11.8 Å². The first-order valence-corrected chi connectivity index (χ1v) is 12.9. The molecule has 2 aliphatic carbocycles. The molecule has 2 bridgehead atoms. The predicted octanol–water partition coefficient (Wildman–Crippen LogP) is 4.23. The highest BCUT2D eigenvalue weighted by Crippen LogP contribution is 2.46. The second-order valence-electron chi connectivity index (χ2n) is 9.73. The van der Waals surface area contributed by atoms with E-state index in [1.54, 1.807) is 13.8 Å². The summed E-state index contributed by atoms with van der Waals surface area (Å²) in [6.07, 6.45) is 5.46. The lowest BCUT2D eigenvalue weighted by Gasteiger charge is -2.47. The summed E-state index contributed by atoms with van der Waals surface area (Å²) < 4.78 is 27.4. The Labute approximate surface area is 195 Å². The fourth-order valence-corrected chi connectivity index (χ4v) is 7.22. The molecule has 174 valence electrons. The van der Waals surface area contributed by atoms with Gasteiger partial charge in [-0.1, -0.05) is 42.1 Å². The van der Waals surface area contributed by atoms with Gasteiger partial charge in [-0.15, -0.1) is 0 Å². The lowest BCUT2D eigenvalue weighted by atomic mass is 9.64. The summed E-state index contributed by atoms with van der Waals surface area (Å²) in [5, 5.41) is 13.9. The maximum Gasteiger partial charge on any atom is 0.245 e. The van der Waals surface area contributed by atoms with Gasteiger partial charge in [0.1, 0.15) is 10.4 Å². The van der Waals surface area contributed by atoms with Crippen molar-refractivity contribution in [3.8, 4) is 0 Å². The van der Waals surface area contributed by atoms with Crippen LogP contribution in [-0.2, 0) is 14.8 Å². The summed E-state index contributed by atoms with van der Waals surface area (Å²) in [6, 6.07) is 4.22. The summed E-state index contributed by atoms with van der Waals surface area (Å²) in [5.41, 5.74) is -2.00. The Hall–Kier alpha value is -0.860. The van der Waals surface area contributed by atoms with Gasteiger partial charge in [-0.05, 0) is 70.4 Å². The number of nitrogens with zero attached hydrogens (tertiary/aromatic N) is 1. The molecular formula is C22H32Cl2N2O4S. The van der Waals surface area contributed by atoms with E-state index in [0.717, 1.165) is 36.4 Å². The van der Waals surface area contributed by atoms with E-state index in [0.29, 0.717) is 12.3 Å². The fourth-order valence-electron chi connectivity index (χ4n) is 5.00. The van der Waals surface area contributed by atoms with Crippen molar-refractivity contribution < 1.29 is 18.3 Å². The van der Waals surface area contributed by atoms with Crippen LogP contribution in [-0.4, -0.2) is 48.0 Å². The van der Waals surface area contributed by atoms with E-state index in [9.17, 15) is 18.3 Å². The van der Waals surface area contributed by atoms with Crippen molar-refractivity contribution >= 4 is 39.1 Å². The number of aliphatic hydroxyl groups is 1. The van der Waals surface area contributed by atoms with Crippen LogP contribution in [0.3, 0.4) is 0 Å². The fraction of sp³-hybridized carbons (Fsp3) is 0.682. The zero-order valence-electron chi connectivity index (χ0n) is 18.5. The van der Waals surface area contributed by atoms with E-state index in [4.69, 9.17) is 23.2 Å². The van der Waals surface area contributed by atoms with Gasteiger partial charge in [0, 0.05) is 13.1 Å². The Kier molecular flexibility index (Phi) is 7.05. The van der Waals surface area contributed by atoms with Crippen LogP contribution in [0.1, 0.15) is 59.3 Å². The molecule has 1 aromatic rings. The molecule has 0 radical (unpaired) electrons. The standard InChI is InChI=1S/C22H32Cl2N2O4S/c1-14(16-11-15-7-6-10-22(28,12-15)13-16)25-20(27)21(2,3)26(4)31(29,30)18-9-5-8-17(23)19(18)24/h5,8-9,14-16,28H,6-7,10-13H2,1-4H3,(H,25,27). The van der Waals surface area contributed by atoms with Gasteiger partial charge < -0.3 is 10.4 Å². The molecule has 2 N–H and O–H groups in total. The molecule has 0 spiro atoms. The van der Waals surface area contributed by atoms with Gasteiger partial charge in [0.25, 0.3) is 0 Å². The zero-order valence-corrected chi connectivity index (χ0v) is 20.8. The van der Waals surface area contributed by atoms with Crippen molar-refractivity contribution in [3.05, 3.63) is 28.2 Å². The van der Waals surface area contributed by atoms with Crippen molar-refractivity contribution in [1.82, 2.24) is 9.62 Å². The molecule has 1 aromatic carbocycles. The molecule has 0 saturated heterocycles. The largest absolute Gasteiger partial charge is 0.390 e. The quantitative estimate of drug-likeness (QED) is 0.624. The number of benzene rings is 1. The number of hydrogen-bond acceptors (Lipinski definition) is 4. The maximum absolute atomic E-state index is 13.2. The van der Waals surface area contributed by atoms with Crippen molar-refractivity contribution in [2.45, 2.75) is 81.4 Å². The highest BCUT2D eigenvalue weighted by Gasteiger charge is 2.45. The Bertz CT molecular complexity index is 953. The highest BCUT2D eigenvalue weighted by molar-refractivity contribution is 7.89. The second kappa shape index (κ2) is 8.82. The number of halogens is 2. The summed E-state index contributed by atoms with van der Waals surface area (Å²) >= 11 is 12.1. The average Bonchev–Trinajstić information content (AvgIpc) is 2.68. The number of amides is 1. The van der Waals surface area contributed by atoms with E-state index in [1.165, 1.54) is 25.2 Å². The number of fused-ring (bicyclic) bond motifs is 2. The third kappa shape index (κ3) is 4.91. The van der Waals surface area contributed by atoms with Crippen LogP contribution in [0.2, 0.25) is 10.0 Å². The molecule has 0 heterocycles. The molecule has 0 aromatic heterocycles. The van der Waals surface area contributed by atoms with Crippen LogP contribution >= 0.6 is 23.2 Å². The topological polar surface area (TPSA) is 86.7 Å². The van der Waals surface area contributed by atoms with Gasteiger partial charge >= 0.3 is 0 Å². The minimum atomic E-state index is -4.06. The summed E-state index contributed by atoms with van der Waals surface area (Å²) in [5.74, 6) is 0.248. The molecule has 3 rings (SSSR count). The number of carbonyl (C=O) groups is 1. The third-order valence-electron chi connectivity index (χ3n) is 7.16. The molecular weight excluding hydrogens is 459 g/mol. The van der Waals surface area contributed by atoms with Crippen LogP contribution < -0.4 is 5.32 Å². The van der Waals surface area contributed by atoms with Crippen molar-refractivity contribution in [2.75, 3.05) is 7.05 Å². The van der Waals surface area contributed by atoms with Gasteiger partial charge in [-0.25, -0.2) is 8.42 Å². The lowest BCUT2D eigenvalue weighted by molar-refractivity contribution is -0.130. The SMILES string of the molecule is CC(NC(=O)C(C)(C)N(C)S(=O)(=O)c1cccc(Cl)c1Cl)C1CC2CCCC(O)(C2)C1. The van der Waals surface area contributed by atoms with Gasteiger partial charge in [0.05, 0.1) is 15.6 Å². The smallest absolute Gasteiger partial charge is 0.245 e. The van der Waals surface area contributed by atoms with Crippen molar-refractivity contribution in [1.29, 1.82) is 0 Å². The average molecular weight is 491 g/mol. The predicted molar refractivity (Wildman–Crippen MR) is 123 cm³/mol. The van der Waals surface area contributed by atoms with Gasteiger partial charge in [-0.2, -0.15) is 4.31 Å². The molecule has 0 aliphatic heterocycles. The van der Waals surface area contributed by atoms with Gasteiger partial charge in [-0.3, -0.25) is 4.79 Å². The van der Waals surface area contributed by atoms with E-state index < -0.39 is 27.1 Å². The van der Waals surface area contributed by atoms with Gasteiger partial charge in [0.15, 0.2) is 0 Å². The Morgan fingerprint density at radius 2 is 2.00 bits per heavy atom. The maximum atomic E-state index is 13.2. The van der Waals surface area contributed by atoms with Crippen LogP contribution in [0, 0.1) is 11.8 Å². The highest BCUT2D eigenvalue weighted by atomic mass is 35.5. The molecule has 9 heteroatoms. The Morgan fingerprint density at radius 1 is 1.32 bits per heavy atom. The first-order valence-electron chi connectivity index (χ1n) is 10.7. The number of likely N-dealkylation sites (N-methyl/N-ethyl adjacent to an activating group) is 1. The van der Waals surface area contributed by atoms with E-state index in [1.807, 2.05) is 6.92 Å². The van der Waals surface area contributed by atoms with Crippen LogP contribution in [0.5, 0.6) is 0 Å². The first-order chi connectivity index (χ1) is 14.3. The molecule has 2 saturated carbocycles. The second-order valence-corrected chi connectivity index (χ2v) is 12.5. The number of sulfonamides is 1. The van der Waals surface area contributed by atoms with Gasteiger partial charge in [0.2, 0.25) is 15.9 Å². The van der Waals surface area contributed by atoms with E-state index in [2.05, 4.69) is 5.32 Å². The minimum Gasteiger partial charge on any atom is -0.390 e. The molecule has 4 atom stereocenters. The summed E-state index contributed by atoms with van der Waals surface area (Å²) in [4.78, 5) is 13.0. The molecule has 4 unspecified atom stereocenters. The van der Waals surface area contributed by atoms with Crippen molar-refractivity contribution in [3.63, 3.8) is 0 Å². The van der Waals surface area contributed by atoms with Crippen LogP contribution in [0.15, 0.2) is 23.1 Å². The normalized spacial score (nSPS) is 27.7. The molecule has 2 aliphatic rings. The minimum absolute atomic E-state index is 0.0671. The monoisotopic (exact) mass is 490 g/mol. The number of carbonyl (C=O) groups excluding carboxylic acids is 1. The van der Waals surface area contributed by atoms with E-state index >= 15 is 0 Å². The zero-order chi connectivity index (χ0) is 23.2. The Balaban J connectivity index is 1.75. The molecule has 31 heavy (non-hydrogen) atoms. The molecule has 6 nitrogen and oxygen atoms in total. The number of hydrogen-bond donors (Lipinski definition) is 2. The number of rotatable bonds is 6. The molecule has 2 fully saturated rings. The molecule has 1 amide bonds. The van der Waals surface area contributed by atoms with E-state index in [-0.39, 0.29) is 26.9 Å². The number of nitrogens with one attached hydrogen (secondary N) is 1. The van der Waals surface area contributed by atoms with Crippen LogP contribution in [0.25, 0.3) is 0 Å².